The third-order valence-corrected chi connectivity index (χ3v) is 5.99. The SMILES string of the molecule is CC(=O)N1CCCC1c1cc2[nH]c(-c3ccccn3)cc2cc1Oc1ccc(OCCO)nc1. The first-order chi connectivity index (χ1) is 16.6. The molecule has 1 atom stereocenters. The van der Waals surface area contributed by atoms with Crippen molar-refractivity contribution in [1.29, 1.82) is 0 Å². The highest BCUT2D eigenvalue weighted by atomic mass is 16.5. The summed E-state index contributed by atoms with van der Waals surface area (Å²) in [5, 5.41) is 9.91. The monoisotopic (exact) mass is 458 g/mol. The fourth-order valence-electron chi connectivity index (χ4n) is 4.44. The molecule has 1 aromatic carbocycles. The molecule has 4 aromatic rings. The molecule has 4 heterocycles. The van der Waals surface area contributed by atoms with E-state index in [2.05, 4.69) is 27.1 Å². The van der Waals surface area contributed by atoms with Gasteiger partial charge in [0.25, 0.3) is 0 Å². The lowest BCUT2D eigenvalue weighted by Crippen LogP contribution is -2.28. The number of nitrogens with one attached hydrogen (secondary N) is 1. The van der Waals surface area contributed by atoms with E-state index in [1.54, 1.807) is 31.5 Å². The average molecular weight is 459 g/mol. The number of aliphatic hydroxyl groups excluding tert-OH is 1. The van der Waals surface area contributed by atoms with Gasteiger partial charge in [0.15, 0.2) is 0 Å². The van der Waals surface area contributed by atoms with Crippen molar-refractivity contribution in [2.45, 2.75) is 25.8 Å². The molecular weight excluding hydrogens is 432 g/mol. The maximum absolute atomic E-state index is 12.3. The van der Waals surface area contributed by atoms with Gasteiger partial charge in [-0.2, -0.15) is 0 Å². The summed E-state index contributed by atoms with van der Waals surface area (Å²) in [4.78, 5) is 26.4. The Morgan fingerprint density at radius 2 is 2.12 bits per heavy atom. The van der Waals surface area contributed by atoms with Crippen LogP contribution in [-0.4, -0.2) is 50.6 Å². The number of aromatic nitrogens is 3. The third-order valence-electron chi connectivity index (χ3n) is 5.99. The number of aromatic amines is 1. The highest BCUT2D eigenvalue weighted by Crippen LogP contribution is 2.41. The van der Waals surface area contributed by atoms with Gasteiger partial charge in [0.2, 0.25) is 11.8 Å². The minimum absolute atomic E-state index is 0.0567. The Morgan fingerprint density at radius 1 is 1.21 bits per heavy atom. The Labute approximate surface area is 197 Å². The van der Waals surface area contributed by atoms with Crippen molar-refractivity contribution in [2.75, 3.05) is 19.8 Å². The molecular formula is C26H26N4O4. The van der Waals surface area contributed by atoms with E-state index in [4.69, 9.17) is 14.6 Å². The number of carbonyl (C=O) groups is 1. The Morgan fingerprint density at radius 3 is 2.85 bits per heavy atom. The van der Waals surface area contributed by atoms with Crippen LogP contribution in [0.25, 0.3) is 22.3 Å². The second-order valence-electron chi connectivity index (χ2n) is 8.25. The van der Waals surface area contributed by atoms with Crippen molar-refractivity contribution in [3.8, 4) is 28.8 Å². The smallest absolute Gasteiger partial charge is 0.219 e. The topological polar surface area (TPSA) is 101 Å². The van der Waals surface area contributed by atoms with E-state index in [0.29, 0.717) is 17.4 Å². The highest BCUT2D eigenvalue weighted by Gasteiger charge is 2.31. The number of benzene rings is 1. The van der Waals surface area contributed by atoms with Crippen molar-refractivity contribution in [1.82, 2.24) is 19.9 Å². The number of likely N-dealkylation sites (tertiary alicyclic amines) is 1. The number of amides is 1. The molecule has 5 rings (SSSR count). The molecule has 0 saturated carbocycles. The van der Waals surface area contributed by atoms with Crippen LogP contribution < -0.4 is 9.47 Å². The molecule has 8 heteroatoms. The first kappa shape index (κ1) is 21.9. The van der Waals surface area contributed by atoms with E-state index in [1.807, 2.05) is 29.2 Å². The minimum Gasteiger partial charge on any atom is -0.475 e. The number of carbonyl (C=O) groups excluding carboxylic acids is 1. The van der Waals surface area contributed by atoms with Gasteiger partial charge in [-0.1, -0.05) is 6.07 Å². The van der Waals surface area contributed by atoms with Gasteiger partial charge in [0.05, 0.1) is 30.2 Å². The summed E-state index contributed by atoms with van der Waals surface area (Å²) < 4.78 is 11.6. The lowest BCUT2D eigenvalue weighted by molar-refractivity contribution is -0.129. The fourth-order valence-corrected chi connectivity index (χ4v) is 4.44. The zero-order valence-corrected chi connectivity index (χ0v) is 18.9. The average Bonchev–Trinajstić information content (AvgIpc) is 3.51. The van der Waals surface area contributed by atoms with E-state index < -0.39 is 0 Å². The van der Waals surface area contributed by atoms with Gasteiger partial charge in [-0.25, -0.2) is 4.98 Å². The lowest BCUT2D eigenvalue weighted by Gasteiger charge is -2.25. The lowest BCUT2D eigenvalue weighted by atomic mass is 10.0. The summed E-state index contributed by atoms with van der Waals surface area (Å²) in [6, 6.07) is 15.4. The zero-order valence-electron chi connectivity index (χ0n) is 18.9. The van der Waals surface area contributed by atoms with Gasteiger partial charge in [0, 0.05) is 42.2 Å². The molecule has 1 unspecified atom stereocenters. The third kappa shape index (κ3) is 4.45. The van der Waals surface area contributed by atoms with Crippen LogP contribution >= 0.6 is 0 Å². The van der Waals surface area contributed by atoms with Crippen molar-refractivity contribution in [3.05, 3.63) is 66.5 Å². The number of hydrogen-bond acceptors (Lipinski definition) is 6. The van der Waals surface area contributed by atoms with E-state index in [-0.39, 0.29) is 25.2 Å². The second-order valence-corrected chi connectivity index (χ2v) is 8.25. The molecule has 174 valence electrons. The Balaban J connectivity index is 1.54. The molecule has 0 radical (unpaired) electrons. The first-order valence-electron chi connectivity index (χ1n) is 11.4. The van der Waals surface area contributed by atoms with Crippen LogP contribution in [0.2, 0.25) is 0 Å². The van der Waals surface area contributed by atoms with Crippen LogP contribution in [0.3, 0.4) is 0 Å². The largest absolute Gasteiger partial charge is 0.475 e. The summed E-state index contributed by atoms with van der Waals surface area (Å²) in [5.74, 6) is 1.72. The molecule has 0 bridgehead atoms. The Kier molecular flexibility index (Phi) is 6.14. The number of fused-ring (bicyclic) bond motifs is 1. The van der Waals surface area contributed by atoms with E-state index in [9.17, 15) is 4.79 Å². The van der Waals surface area contributed by atoms with Gasteiger partial charge in [-0.15, -0.1) is 0 Å². The second kappa shape index (κ2) is 9.52. The minimum atomic E-state index is -0.0749. The predicted octanol–water partition coefficient (Wildman–Crippen LogP) is 4.47. The standard InChI is InChI=1S/C26H26N4O4/c1-17(32)30-10-4-6-24(30)20-15-22-18(13-23(29-22)21-5-2-3-9-27-21)14-25(20)34-19-7-8-26(28-16-19)33-12-11-31/h2-3,5,7-9,13-16,24,29,31H,4,6,10-12H2,1H3. The molecule has 34 heavy (non-hydrogen) atoms. The maximum Gasteiger partial charge on any atom is 0.219 e. The van der Waals surface area contributed by atoms with Crippen molar-refractivity contribution >= 4 is 16.8 Å². The summed E-state index contributed by atoms with van der Waals surface area (Å²) in [6.07, 6.45) is 5.19. The number of nitrogens with zero attached hydrogens (tertiary/aromatic N) is 3. The number of aliphatic hydroxyl groups is 1. The van der Waals surface area contributed by atoms with Crippen LogP contribution in [0.4, 0.5) is 0 Å². The van der Waals surface area contributed by atoms with Crippen LogP contribution in [-0.2, 0) is 4.79 Å². The van der Waals surface area contributed by atoms with Crippen molar-refractivity contribution in [2.24, 2.45) is 0 Å². The molecule has 1 saturated heterocycles. The van der Waals surface area contributed by atoms with Crippen LogP contribution in [0.1, 0.15) is 31.4 Å². The quantitative estimate of drug-likeness (QED) is 0.424. The van der Waals surface area contributed by atoms with Gasteiger partial charge >= 0.3 is 0 Å². The number of ether oxygens (including phenoxy) is 2. The summed E-state index contributed by atoms with van der Waals surface area (Å²) >= 11 is 0. The number of H-pyrrole nitrogens is 1. The number of rotatable bonds is 7. The fraction of sp³-hybridized carbons (Fsp3) is 0.269. The summed E-state index contributed by atoms with van der Waals surface area (Å²) in [6.45, 7) is 2.46. The molecule has 8 nitrogen and oxygen atoms in total. The Bertz CT molecular complexity index is 1290. The summed E-state index contributed by atoms with van der Waals surface area (Å²) in [5.41, 5.74) is 3.69. The zero-order chi connectivity index (χ0) is 23.5. The first-order valence-corrected chi connectivity index (χ1v) is 11.4. The van der Waals surface area contributed by atoms with E-state index in [0.717, 1.165) is 47.2 Å². The molecule has 0 aliphatic carbocycles. The van der Waals surface area contributed by atoms with Gasteiger partial charge in [0.1, 0.15) is 18.1 Å². The summed E-state index contributed by atoms with van der Waals surface area (Å²) in [7, 11) is 0. The highest BCUT2D eigenvalue weighted by molar-refractivity contribution is 5.88. The van der Waals surface area contributed by atoms with Gasteiger partial charge in [-0.3, -0.25) is 9.78 Å². The maximum atomic E-state index is 12.3. The molecule has 1 aliphatic heterocycles. The Hall–Kier alpha value is -3.91. The van der Waals surface area contributed by atoms with Crippen molar-refractivity contribution < 1.29 is 19.4 Å². The normalized spacial score (nSPS) is 15.6. The van der Waals surface area contributed by atoms with Gasteiger partial charge in [-0.05, 0) is 49.2 Å². The molecule has 2 N–H and O–H groups in total. The van der Waals surface area contributed by atoms with Crippen LogP contribution in [0.5, 0.6) is 17.4 Å². The van der Waals surface area contributed by atoms with Crippen LogP contribution in [0, 0.1) is 0 Å². The number of pyridine rings is 2. The van der Waals surface area contributed by atoms with Crippen LogP contribution in [0.15, 0.2) is 60.9 Å². The number of hydrogen-bond donors (Lipinski definition) is 2. The molecule has 1 amide bonds. The molecule has 3 aromatic heterocycles. The molecule has 1 fully saturated rings. The van der Waals surface area contributed by atoms with E-state index in [1.165, 1.54) is 0 Å². The van der Waals surface area contributed by atoms with Crippen molar-refractivity contribution in [3.63, 3.8) is 0 Å². The molecule has 0 spiro atoms. The van der Waals surface area contributed by atoms with Gasteiger partial charge < -0.3 is 24.5 Å². The van der Waals surface area contributed by atoms with E-state index >= 15 is 0 Å². The predicted molar refractivity (Wildman–Crippen MR) is 128 cm³/mol. The molecule has 1 aliphatic rings.